The lowest BCUT2D eigenvalue weighted by Crippen LogP contribution is -2.28. The van der Waals surface area contributed by atoms with Crippen LogP contribution in [0.15, 0.2) is 24.3 Å². The Morgan fingerprint density at radius 3 is 3.00 bits per heavy atom. The standard InChI is InChI=1S/C17H24N2O3/c1-3-18-17(21)15-6-4-5-13(10-15)9-14-11-16(20)19(12-14)7-8-22-2/h4-6,10,14H,3,7-9,11-12H2,1-2H3,(H,18,21)/t14-/m1/s1. The smallest absolute Gasteiger partial charge is 0.251 e. The third-order valence-electron chi connectivity index (χ3n) is 3.91. The Kier molecular flexibility index (Phi) is 5.95. The highest BCUT2D eigenvalue weighted by molar-refractivity contribution is 5.94. The molecule has 5 nitrogen and oxygen atoms in total. The van der Waals surface area contributed by atoms with Crippen LogP contribution in [-0.4, -0.2) is 50.1 Å². The average Bonchev–Trinajstić information content (AvgIpc) is 2.85. The molecule has 1 N–H and O–H groups in total. The van der Waals surface area contributed by atoms with Crippen molar-refractivity contribution < 1.29 is 14.3 Å². The molecule has 1 aliphatic rings. The number of hydrogen-bond donors (Lipinski definition) is 1. The molecule has 1 saturated heterocycles. The average molecular weight is 304 g/mol. The van der Waals surface area contributed by atoms with Gasteiger partial charge in [-0.2, -0.15) is 0 Å². The maximum absolute atomic E-state index is 11.9. The molecule has 0 unspecified atom stereocenters. The van der Waals surface area contributed by atoms with E-state index in [1.807, 2.05) is 36.1 Å². The number of nitrogens with zero attached hydrogens (tertiary/aromatic N) is 1. The third kappa shape index (κ3) is 4.31. The maximum Gasteiger partial charge on any atom is 0.251 e. The van der Waals surface area contributed by atoms with Crippen molar-refractivity contribution in [1.82, 2.24) is 10.2 Å². The fraction of sp³-hybridized carbons (Fsp3) is 0.529. The largest absolute Gasteiger partial charge is 0.383 e. The Bertz CT molecular complexity index is 530. The lowest BCUT2D eigenvalue weighted by atomic mass is 9.97. The van der Waals surface area contributed by atoms with Crippen molar-refractivity contribution in [1.29, 1.82) is 0 Å². The molecule has 0 saturated carbocycles. The summed E-state index contributed by atoms with van der Waals surface area (Å²) in [5, 5.41) is 2.80. The summed E-state index contributed by atoms with van der Waals surface area (Å²) in [6.07, 6.45) is 1.40. The lowest BCUT2D eigenvalue weighted by molar-refractivity contribution is -0.128. The van der Waals surface area contributed by atoms with Crippen molar-refractivity contribution in [2.24, 2.45) is 5.92 Å². The van der Waals surface area contributed by atoms with Crippen LogP contribution >= 0.6 is 0 Å². The van der Waals surface area contributed by atoms with Gasteiger partial charge in [0, 0.05) is 38.7 Å². The molecule has 22 heavy (non-hydrogen) atoms. The molecule has 0 bridgehead atoms. The maximum atomic E-state index is 11.9. The highest BCUT2D eigenvalue weighted by atomic mass is 16.5. The van der Waals surface area contributed by atoms with E-state index in [-0.39, 0.29) is 11.8 Å². The number of ether oxygens (including phenoxy) is 1. The second kappa shape index (κ2) is 7.94. The SMILES string of the molecule is CCNC(=O)c1cccc(C[C@@H]2CC(=O)N(CCOC)C2)c1. The molecule has 2 amide bonds. The van der Waals surface area contributed by atoms with Gasteiger partial charge >= 0.3 is 0 Å². The van der Waals surface area contributed by atoms with E-state index in [2.05, 4.69) is 5.32 Å². The number of amides is 2. The van der Waals surface area contributed by atoms with E-state index < -0.39 is 0 Å². The third-order valence-corrected chi connectivity index (χ3v) is 3.91. The molecule has 0 spiro atoms. The van der Waals surface area contributed by atoms with E-state index in [9.17, 15) is 9.59 Å². The molecule has 5 heteroatoms. The first-order valence-electron chi connectivity index (χ1n) is 7.78. The van der Waals surface area contributed by atoms with Crippen LogP contribution in [0.5, 0.6) is 0 Å². The van der Waals surface area contributed by atoms with Crippen LogP contribution in [0.4, 0.5) is 0 Å². The van der Waals surface area contributed by atoms with Gasteiger partial charge in [-0.1, -0.05) is 12.1 Å². The van der Waals surface area contributed by atoms with Gasteiger partial charge in [-0.05, 0) is 37.0 Å². The molecular formula is C17H24N2O3. The first-order chi connectivity index (χ1) is 10.6. The summed E-state index contributed by atoms with van der Waals surface area (Å²) in [5.41, 5.74) is 1.79. The van der Waals surface area contributed by atoms with Crippen LogP contribution in [0.25, 0.3) is 0 Å². The van der Waals surface area contributed by atoms with Gasteiger partial charge in [0.15, 0.2) is 0 Å². The summed E-state index contributed by atoms with van der Waals surface area (Å²) >= 11 is 0. The predicted octanol–water partition coefficient (Wildman–Crippen LogP) is 1.47. The van der Waals surface area contributed by atoms with E-state index >= 15 is 0 Å². The minimum Gasteiger partial charge on any atom is -0.383 e. The van der Waals surface area contributed by atoms with E-state index in [0.29, 0.717) is 37.6 Å². The molecule has 1 atom stereocenters. The van der Waals surface area contributed by atoms with Crippen LogP contribution in [0.3, 0.4) is 0 Å². The number of carbonyl (C=O) groups excluding carboxylic acids is 2. The zero-order valence-corrected chi connectivity index (χ0v) is 13.3. The van der Waals surface area contributed by atoms with Crippen molar-refractivity contribution in [2.75, 3.05) is 33.4 Å². The topological polar surface area (TPSA) is 58.6 Å². The van der Waals surface area contributed by atoms with Crippen LogP contribution in [0.2, 0.25) is 0 Å². The van der Waals surface area contributed by atoms with Gasteiger partial charge in [0.1, 0.15) is 0 Å². The highest BCUT2D eigenvalue weighted by Crippen LogP contribution is 2.22. The predicted molar refractivity (Wildman–Crippen MR) is 84.7 cm³/mol. The zero-order chi connectivity index (χ0) is 15.9. The van der Waals surface area contributed by atoms with Gasteiger partial charge in [0.25, 0.3) is 5.91 Å². The fourth-order valence-corrected chi connectivity index (χ4v) is 2.84. The summed E-state index contributed by atoms with van der Waals surface area (Å²) in [4.78, 5) is 25.7. The van der Waals surface area contributed by atoms with Gasteiger partial charge in [-0.25, -0.2) is 0 Å². The van der Waals surface area contributed by atoms with Crippen molar-refractivity contribution in [3.05, 3.63) is 35.4 Å². The summed E-state index contributed by atoms with van der Waals surface area (Å²) in [5.74, 6) is 0.462. The Balaban J connectivity index is 1.95. The van der Waals surface area contributed by atoms with Gasteiger partial charge in [-0.15, -0.1) is 0 Å². The van der Waals surface area contributed by atoms with Crippen molar-refractivity contribution in [3.63, 3.8) is 0 Å². The fourth-order valence-electron chi connectivity index (χ4n) is 2.84. The summed E-state index contributed by atoms with van der Waals surface area (Å²) in [6, 6.07) is 7.66. The second-order valence-electron chi connectivity index (χ2n) is 5.67. The first-order valence-corrected chi connectivity index (χ1v) is 7.78. The van der Waals surface area contributed by atoms with Crippen LogP contribution in [0, 0.1) is 5.92 Å². The number of carbonyl (C=O) groups is 2. The second-order valence-corrected chi connectivity index (χ2v) is 5.67. The van der Waals surface area contributed by atoms with Crippen molar-refractivity contribution in [2.45, 2.75) is 19.8 Å². The lowest BCUT2D eigenvalue weighted by Gasteiger charge is -2.16. The minimum absolute atomic E-state index is 0.0476. The van der Waals surface area contributed by atoms with Crippen LogP contribution in [0.1, 0.15) is 29.3 Å². The molecule has 2 rings (SSSR count). The molecule has 1 fully saturated rings. The molecule has 120 valence electrons. The molecule has 0 radical (unpaired) electrons. The minimum atomic E-state index is -0.0476. The normalized spacial score (nSPS) is 17.8. The Labute approximate surface area is 131 Å². The molecule has 0 aliphatic carbocycles. The molecular weight excluding hydrogens is 280 g/mol. The number of benzene rings is 1. The number of nitrogens with one attached hydrogen (secondary N) is 1. The Morgan fingerprint density at radius 2 is 2.27 bits per heavy atom. The van der Waals surface area contributed by atoms with E-state index in [4.69, 9.17) is 4.74 Å². The number of methoxy groups -OCH3 is 1. The quantitative estimate of drug-likeness (QED) is 0.830. The highest BCUT2D eigenvalue weighted by Gasteiger charge is 2.29. The van der Waals surface area contributed by atoms with E-state index in [0.717, 1.165) is 18.5 Å². The molecule has 1 heterocycles. The molecule has 1 aromatic carbocycles. The summed E-state index contributed by atoms with van der Waals surface area (Å²) < 4.78 is 5.03. The Morgan fingerprint density at radius 1 is 1.45 bits per heavy atom. The van der Waals surface area contributed by atoms with Gasteiger partial charge < -0.3 is 15.0 Å². The van der Waals surface area contributed by atoms with Gasteiger partial charge in [0.05, 0.1) is 6.61 Å². The zero-order valence-electron chi connectivity index (χ0n) is 13.3. The number of rotatable bonds is 7. The van der Waals surface area contributed by atoms with Crippen molar-refractivity contribution >= 4 is 11.8 Å². The van der Waals surface area contributed by atoms with Gasteiger partial charge in [-0.3, -0.25) is 9.59 Å². The summed E-state index contributed by atoms with van der Waals surface area (Å²) in [6.45, 7) is 4.53. The number of hydrogen-bond acceptors (Lipinski definition) is 3. The van der Waals surface area contributed by atoms with E-state index in [1.165, 1.54) is 0 Å². The van der Waals surface area contributed by atoms with Crippen LogP contribution < -0.4 is 5.32 Å². The Hall–Kier alpha value is -1.88. The van der Waals surface area contributed by atoms with Gasteiger partial charge in [0.2, 0.25) is 5.91 Å². The number of likely N-dealkylation sites (tertiary alicyclic amines) is 1. The summed E-state index contributed by atoms with van der Waals surface area (Å²) in [7, 11) is 1.64. The van der Waals surface area contributed by atoms with E-state index in [1.54, 1.807) is 7.11 Å². The monoisotopic (exact) mass is 304 g/mol. The molecule has 1 aliphatic heterocycles. The molecule has 1 aromatic rings. The van der Waals surface area contributed by atoms with Crippen LogP contribution in [-0.2, 0) is 16.0 Å². The first kappa shape index (κ1) is 16.5. The molecule has 0 aromatic heterocycles. The van der Waals surface area contributed by atoms with Crippen molar-refractivity contribution in [3.8, 4) is 0 Å².